The molecule has 0 saturated carbocycles. The van der Waals surface area contributed by atoms with Gasteiger partial charge in [0.1, 0.15) is 0 Å². The largest absolute Gasteiger partial charge is 0.338 e. The molecule has 0 unspecified atom stereocenters. The van der Waals surface area contributed by atoms with Crippen LogP contribution in [0.3, 0.4) is 0 Å². The van der Waals surface area contributed by atoms with E-state index in [1.807, 2.05) is 13.8 Å². The highest BCUT2D eigenvalue weighted by atomic mass is 35.7. The summed E-state index contributed by atoms with van der Waals surface area (Å²) in [5, 5.41) is 0. The Labute approximate surface area is 62.7 Å². The normalized spacial score (nSPS) is 12.7. The standard InChI is InChI=1S/C4H12ClO2PS/c1-3-9(4-2)8(5,6)7/h6-7H,3-4H2,1-2H3. The quantitative estimate of drug-likeness (QED) is 0.649. The van der Waals surface area contributed by atoms with Crippen molar-refractivity contribution in [2.45, 2.75) is 13.8 Å². The van der Waals surface area contributed by atoms with Crippen LogP contribution in [0.25, 0.3) is 0 Å². The second-order valence-electron chi connectivity index (χ2n) is 1.51. The van der Waals surface area contributed by atoms with Crippen LogP contribution in [-0.2, 0) is 10.1 Å². The van der Waals surface area contributed by atoms with Crippen molar-refractivity contribution < 1.29 is 9.79 Å². The summed E-state index contributed by atoms with van der Waals surface area (Å²) in [6.45, 7) is 3.83. The molecule has 0 amide bonds. The fourth-order valence-corrected chi connectivity index (χ4v) is 5.33. The van der Waals surface area contributed by atoms with Gasteiger partial charge in [0, 0.05) is 0 Å². The predicted molar refractivity (Wildman–Crippen MR) is 45.7 cm³/mol. The van der Waals surface area contributed by atoms with Gasteiger partial charge in [-0.1, -0.05) is 13.8 Å². The van der Waals surface area contributed by atoms with Crippen molar-refractivity contribution in [1.29, 1.82) is 0 Å². The predicted octanol–water partition coefficient (Wildman–Crippen LogP) is 1.55. The van der Waals surface area contributed by atoms with E-state index in [-0.39, 0.29) is 10.1 Å². The van der Waals surface area contributed by atoms with Crippen LogP contribution in [0, 0.1) is 0 Å². The highest BCUT2D eigenvalue weighted by Gasteiger charge is 2.07. The zero-order valence-corrected chi connectivity index (χ0v) is 8.01. The lowest BCUT2D eigenvalue weighted by molar-refractivity contribution is 0.500. The number of hydrogen-bond acceptors (Lipinski definition) is 0. The molecule has 2 N–H and O–H groups in total. The Morgan fingerprint density at radius 1 is 1.33 bits per heavy atom. The van der Waals surface area contributed by atoms with Crippen LogP contribution in [0.5, 0.6) is 0 Å². The van der Waals surface area contributed by atoms with Crippen LogP contribution in [0.15, 0.2) is 0 Å². The summed E-state index contributed by atoms with van der Waals surface area (Å²) in [5.41, 5.74) is 0. The third-order valence-electron chi connectivity index (χ3n) is 0.995. The van der Waals surface area contributed by atoms with Crippen LogP contribution < -0.4 is 0 Å². The Morgan fingerprint density at radius 2 is 1.67 bits per heavy atom. The van der Waals surface area contributed by atoms with Crippen molar-refractivity contribution >= 4 is 27.2 Å². The van der Waals surface area contributed by atoms with Crippen LogP contribution in [0.4, 0.5) is 0 Å². The summed E-state index contributed by atoms with van der Waals surface area (Å²) >= 11 is 5.33. The van der Waals surface area contributed by atoms with Gasteiger partial charge in [0.05, 0.1) is 0 Å². The van der Waals surface area contributed by atoms with Crippen LogP contribution in [0.1, 0.15) is 13.8 Å². The van der Waals surface area contributed by atoms with Gasteiger partial charge < -0.3 is 9.79 Å². The van der Waals surface area contributed by atoms with E-state index in [0.717, 1.165) is 11.5 Å². The Bertz CT molecular complexity index is 127. The summed E-state index contributed by atoms with van der Waals surface area (Å²) in [7, 11) is -0.368. The second kappa shape index (κ2) is 3.99. The van der Waals surface area contributed by atoms with Crippen molar-refractivity contribution in [3.8, 4) is 0 Å². The monoisotopic (exact) mass is 190 g/mol. The average molecular weight is 191 g/mol. The van der Waals surface area contributed by atoms with Gasteiger partial charge in [-0.05, 0) is 22.7 Å². The molecule has 0 bridgehead atoms. The van der Waals surface area contributed by atoms with E-state index in [1.54, 1.807) is 0 Å². The average Bonchev–Trinajstić information content (AvgIpc) is 1.65. The van der Waals surface area contributed by atoms with Gasteiger partial charge in [0.15, 0.2) is 0 Å². The molecule has 9 heavy (non-hydrogen) atoms. The lowest BCUT2D eigenvalue weighted by Gasteiger charge is -2.09. The highest BCUT2D eigenvalue weighted by molar-refractivity contribution is 8.37. The Kier molecular flexibility index (Phi) is 4.43. The lowest BCUT2D eigenvalue weighted by atomic mass is 11.0. The van der Waals surface area contributed by atoms with E-state index in [1.165, 1.54) is 0 Å². The van der Waals surface area contributed by atoms with Crippen molar-refractivity contribution in [2.75, 3.05) is 11.5 Å². The minimum atomic E-state index is -3.03. The Morgan fingerprint density at radius 3 is 1.67 bits per heavy atom. The fraction of sp³-hybridized carbons (Fsp3) is 1.00. The molecule has 0 radical (unpaired) electrons. The smallest absolute Gasteiger partial charge is 0.235 e. The maximum Gasteiger partial charge on any atom is 0.235 e. The highest BCUT2D eigenvalue weighted by Crippen LogP contribution is 2.47. The van der Waals surface area contributed by atoms with E-state index in [2.05, 4.69) is 0 Å². The second-order valence-corrected chi connectivity index (χ2v) is 9.63. The maximum atomic E-state index is 8.92. The van der Waals surface area contributed by atoms with Crippen LogP contribution in [-0.4, -0.2) is 21.3 Å². The van der Waals surface area contributed by atoms with E-state index in [0.29, 0.717) is 0 Å². The first-order valence-corrected chi connectivity index (χ1v) is 7.51. The van der Waals surface area contributed by atoms with Gasteiger partial charge in [-0.15, -0.1) is 10.1 Å². The third-order valence-corrected chi connectivity index (χ3v) is 8.26. The molecule has 0 aliphatic carbocycles. The lowest BCUT2D eigenvalue weighted by Crippen LogP contribution is -1.96. The van der Waals surface area contributed by atoms with Gasteiger partial charge in [-0.2, -0.15) is 0 Å². The summed E-state index contributed by atoms with van der Waals surface area (Å²) < 4.78 is 0. The first kappa shape index (κ1) is 9.99. The molecule has 5 heteroatoms. The summed E-state index contributed by atoms with van der Waals surface area (Å²) in [5.74, 6) is -1.50. The molecule has 0 rings (SSSR count). The van der Waals surface area contributed by atoms with Crippen molar-refractivity contribution in [3.05, 3.63) is 0 Å². The summed E-state index contributed by atoms with van der Waals surface area (Å²) in [6, 6.07) is 0. The fourth-order valence-electron chi connectivity index (χ4n) is 0.533. The molecule has 0 aliphatic rings. The molecule has 0 aromatic carbocycles. The van der Waals surface area contributed by atoms with Crippen molar-refractivity contribution in [3.63, 3.8) is 0 Å². The molecule has 0 heterocycles. The summed E-state index contributed by atoms with van der Waals surface area (Å²) in [6.07, 6.45) is 0. The zero-order chi connectivity index (χ0) is 7.49. The Hall–Kier alpha value is 0.990. The van der Waals surface area contributed by atoms with E-state index >= 15 is 0 Å². The molecule has 0 atom stereocenters. The Balaban J connectivity index is 4.40. The minimum Gasteiger partial charge on any atom is -0.338 e. The van der Waals surface area contributed by atoms with E-state index < -0.39 is 5.84 Å². The summed E-state index contributed by atoms with van der Waals surface area (Å²) in [4.78, 5) is 17.8. The van der Waals surface area contributed by atoms with Crippen LogP contribution in [0.2, 0.25) is 0 Å². The topological polar surface area (TPSA) is 40.5 Å². The molecule has 0 fully saturated rings. The third kappa shape index (κ3) is 3.64. The first-order valence-electron chi connectivity index (χ1n) is 2.74. The van der Waals surface area contributed by atoms with E-state index in [9.17, 15) is 0 Å². The van der Waals surface area contributed by atoms with Gasteiger partial charge >= 0.3 is 0 Å². The zero-order valence-electron chi connectivity index (χ0n) is 5.54. The minimum absolute atomic E-state index is 0.368. The number of hydrogen-bond donors (Lipinski definition) is 2. The van der Waals surface area contributed by atoms with E-state index in [4.69, 9.17) is 21.0 Å². The maximum absolute atomic E-state index is 8.92. The molecule has 2 nitrogen and oxygen atoms in total. The molecule has 0 aromatic heterocycles. The molecular formula is C4H12ClO2PS. The number of halogens is 1. The van der Waals surface area contributed by atoms with Gasteiger partial charge in [0.2, 0.25) is 5.84 Å². The van der Waals surface area contributed by atoms with Crippen molar-refractivity contribution in [2.24, 2.45) is 0 Å². The van der Waals surface area contributed by atoms with Gasteiger partial charge in [-0.25, -0.2) is 0 Å². The molecule has 0 aromatic rings. The van der Waals surface area contributed by atoms with Gasteiger partial charge in [0.25, 0.3) is 0 Å². The number of rotatable bonds is 2. The molecule has 0 aliphatic heterocycles. The molecule has 0 spiro atoms. The SMILES string of the molecule is CCS(CC)=P(O)(O)Cl. The molecule has 0 saturated heterocycles. The van der Waals surface area contributed by atoms with Gasteiger partial charge in [-0.3, -0.25) is 0 Å². The first-order chi connectivity index (χ1) is 4.02. The molecular weight excluding hydrogens is 179 g/mol. The van der Waals surface area contributed by atoms with Crippen LogP contribution >= 0.6 is 17.1 Å². The van der Waals surface area contributed by atoms with Crippen molar-refractivity contribution in [1.82, 2.24) is 0 Å². The molecule has 58 valence electrons.